The van der Waals surface area contributed by atoms with Gasteiger partial charge in [0, 0.05) is 24.4 Å². The normalized spacial score (nSPS) is 10.6. The first kappa shape index (κ1) is 21.5. The van der Waals surface area contributed by atoms with E-state index in [1.807, 2.05) is 30.3 Å². The molecule has 2 aromatic carbocycles. The van der Waals surface area contributed by atoms with E-state index in [4.69, 9.17) is 4.74 Å². The molecule has 3 rings (SSSR count). The molecule has 0 aliphatic rings. The number of aryl methyl sites for hydroxylation is 1. The summed E-state index contributed by atoms with van der Waals surface area (Å²) in [6.45, 7) is 1.92. The van der Waals surface area contributed by atoms with E-state index in [1.165, 1.54) is 17.0 Å². The van der Waals surface area contributed by atoms with Crippen molar-refractivity contribution < 1.29 is 19.1 Å². The van der Waals surface area contributed by atoms with Gasteiger partial charge in [0.1, 0.15) is 11.4 Å². The van der Waals surface area contributed by atoms with Crippen LogP contribution in [0.5, 0.6) is 0 Å². The second kappa shape index (κ2) is 10.0. The van der Waals surface area contributed by atoms with Gasteiger partial charge in [0.25, 0.3) is 5.91 Å². The fraction of sp³-hybridized carbons (Fsp3) is 0.130. The monoisotopic (exact) mass is 418 g/mol. The number of anilines is 2. The molecule has 0 bridgehead atoms. The van der Waals surface area contributed by atoms with E-state index >= 15 is 0 Å². The molecule has 0 saturated heterocycles. The molecule has 2 amide bonds. The summed E-state index contributed by atoms with van der Waals surface area (Å²) in [4.78, 5) is 36.7. The Morgan fingerprint density at radius 3 is 2.42 bits per heavy atom. The predicted molar refractivity (Wildman–Crippen MR) is 118 cm³/mol. The Kier molecular flexibility index (Phi) is 6.95. The third-order valence-electron chi connectivity index (χ3n) is 4.31. The van der Waals surface area contributed by atoms with E-state index in [9.17, 15) is 14.4 Å². The number of nitrogens with zero attached hydrogens (tertiary/aromatic N) is 2. The van der Waals surface area contributed by atoms with Crippen molar-refractivity contribution in [3.8, 4) is 0 Å². The van der Waals surface area contributed by atoms with Crippen molar-refractivity contribution in [2.24, 2.45) is 7.05 Å². The van der Waals surface area contributed by atoms with E-state index in [0.29, 0.717) is 11.3 Å². The Morgan fingerprint density at radius 2 is 1.74 bits per heavy atom. The minimum absolute atomic E-state index is 0.173. The van der Waals surface area contributed by atoms with Crippen molar-refractivity contribution in [2.75, 3.05) is 17.2 Å². The summed E-state index contributed by atoms with van der Waals surface area (Å²) < 4.78 is 6.37. The van der Waals surface area contributed by atoms with Gasteiger partial charge in [0.15, 0.2) is 0 Å². The molecule has 8 nitrogen and oxygen atoms in total. The number of carbonyl (C=O) groups excluding carboxylic acids is 3. The maximum atomic E-state index is 12.6. The lowest BCUT2D eigenvalue weighted by Gasteiger charge is -2.09. The van der Waals surface area contributed by atoms with Crippen LogP contribution < -0.4 is 10.6 Å². The maximum absolute atomic E-state index is 12.6. The molecule has 158 valence electrons. The zero-order valence-electron chi connectivity index (χ0n) is 17.2. The van der Waals surface area contributed by atoms with Gasteiger partial charge in [-0.3, -0.25) is 14.3 Å². The number of esters is 1. The van der Waals surface area contributed by atoms with Crippen molar-refractivity contribution in [1.82, 2.24) is 9.78 Å². The van der Waals surface area contributed by atoms with Gasteiger partial charge in [-0.05, 0) is 42.8 Å². The van der Waals surface area contributed by atoms with Gasteiger partial charge in [0.2, 0.25) is 5.91 Å². The molecule has 0 atom stereocenters. The molecule has 0 saturated carbocycles. The molecule has 0 radical (unpaired) electrons. The SMILES string of the molecule is CCOC(=O)c1cnn(C)c1NC(=O)c1ccc(NC(=O)C=Cc2ccccc2)cc1. The lowest BCUT2D eigenvalue weighted by atomic mass is 10.2. The molecule has 31 heavy (non-hydrogen) atoms. The molecule has 3 aromatic rings. The van der Waals surface area contributed by atoms with Crippen LogP contribution in [0, 0.1) is 0 Å². The first-order valence-electron chi connectivity index (χ1n) is 9.62. The smallest absolute Gasteiger partial charge is 0.343 e. The quantitative estimate of drug-likeness (QED) is 0.452. The average molecular weight is 418 g/mol. The van der Waals surface area contributed by atoms with Crippen LogP contribution in [-0.2, 0) is 16.6 Å². The number of ether oxygens (including phenoxy) is 1. The van der Waals surface area contributed by atoms with Crippen molar-refractivity contribution in [3.05, 3.63) is 83.6 Å². The van der Waals surface area contributed by atoms with Crippen LogP contribution in [-0.4, -0.2) is 34.2 Å². The summed E-state index contributed by atoms with van der Waals surface area (Å²) >= 11 is 0. The molecule has 1 aromatic heterocycles. The molecule has 0 spiro atoms. The summed E-state index contributed by atoms with van der Waals surface area (Å²) in [5.74, 6) is -1.02. The van der Waals surface area contributed by atoms with Gasteiger partial charge >= 0.3 is 5.97 Å². The van der Waals surface area contributed by atoms with Gasteiger partial charge < -0.3 is 15.4 Å². The van der Waals surface area contributed by atoms with Crippen LogP contribution in [0.1, 0.15) is 33.2 Å². The zero-order valence-corrected chi connectivity index (χ0v) is 17.2. The average Bonchev–Trinajstić information content (AvgIpc) is 3.14. The number of carbonyl (C=O) groups is 3. The summed E-state index contributed by atoms with van der Waals surface area (Å²) in [5, 5.41) is 9.41. The van der Waals surface area contributed by atoms with Crippen LogP contribution in [0.3, 0.4) is 0 Å². The summed E-state index contributed by atoms with van der Waals surface area (Å²) in [6.07, 6.45) is 4.50. The Morgan fingerprint density at radius 1 is 1.03 bits per heavy atom. The third-order valence-corrected chi connectivity index (χ3v) is 4.31. The number of nitrogens with one attached hydrogen (secondary N) is 2. The van der Waals surface area contributed by atoms with Crippen molar-refractivity contribution >= 4 is 35.4 Å². The Bertz CT molecular complexity index is 1100. The molecule has 0 fully saturated rings. The van der Waals surface area contributed by atoms with Gasteiger partial charge in [-0.2, -0.15) is 5.10 Å². The standard InChI is InChI=1S/C23H22N4O4/c1-3-31-23(30)19-15-24-27(2)21(19)26-22(29)17-10-12-18(13-11-17)25-20(28)14-9-16-7-5-4-6-8-16/h4-15H,3H2,1-2H3,(H,25,28)(H,26,29). The highest BCUT2D eigenvalue weighted by Crippen LogP contribution is 2.17. The zero-order chi connectivity index (χ0) is 22.2. The lowest BCUT2D eigenvalue weighted by Crippen LogP contribution is -2.17. The van der Waals surface area contributed by atoms with Gasteiger partial charge in [-0.1, -0.05) is 30.3 Å². The lowest BCUT2D eigenvalue weighted by molar-refractivity contribution is -0.111. The molecular weight excluding hydrogens is 396 g/mol. The van der Waals surface area contributed by atoms with Crippen LogP contribution in [0.4, 0.5) is 11.5 Å². The Hall–Kier alpha value is -4.20. The molecule has 2 N–H and O–H groups in total. The number of hydrogen-bond acceptors (Lipinski definition) is 5. The van der Waals surface area contributed by atoms with Crippen molar-refractivity contribution in [3.63, 3.8) is 0 Å². The van der Waals surface area contributed by atoms with E-state index < -0.39 is 11.9 Å². The van der Waals surface area contributed by atoms with E-state index in [-0.39, 0.29) is 23.9 Å². The summed E-state index contributed by atoms with van der Waals surface area (Å²) in [7, 11) is 1.61. The highest BCUT2D eigenvalue weighted by atomic mass is 16.5. The maximum Gasteiger partial charge on any atom is 0.343 e. The Labute approximate surface area is 179 Å². The summed E-state index contributed by atoms with van der Waals surface area (Å²) in [6, 6.07) is 15.9. The number of rotatable bonds is 7. The van der Waals surface area contributed by atoms with Crippen LogP contribution >= 0.6 is 0 Å². The minimum atomic E-state index is -0.562. The van der Waals surface area contributed by atoms with Crippen LogP contribution in [0.25, 0.3) is 6.08 Å². The molecule has 0 aliphatic heterocycles. The molecule has 1 heterocycles. The van der Waals surface area contributed by atoms with Gasteiger partial charge in [-0.15, -0.1) is 0 Å². The minimum Gasteiger partial charge on any atom is -0.462 e. The first-order valence-corrected chi connectivity index (χ1v) is 9.62. The van der Waals surface area contributed by atoms with Gasteiger partial charge in [-0.25, -0.2) is 4.79 Å². The third kappa shape index (κ3) is 5.66. The second-order valence-corrected chi connectivity index (χ2v) is 6.52. The molecular formula is C23H22N4O4. The molecule has 0 unspecified atom stereocenters. The highest BCUT2D eigenvalue weighted by Gasteiger charge is 2.19. The summed E-state index contributed by atoms with van der Waals surface area (Å²) in [5.41, 5.74) is 2.00. The second-order valence-electron chi connectivity index (χ2n) is 6.52. The van der Waals surface area contributed by atoms with E-state index in [2.05, 4.69) is 15.7 Å². The van der Waals surface area contributed by atoms with Gasteiger partial charge in [0.05, 0.1) is 12.8 Å². The van der Waals surface area contributed by atoms with E-state index in [1.54, 1.807) is 44.3 Å². The fourth-order valence-corrected chi connectivity index (χ4v) is 2.75. The highest BCUT2D eigenvalue weighted by molar-refractivity contribution is 6.08. The van der Waals surface area contributed by atoms with E-state index in [0.717, 1.165) is 5.56 Å². The largest absolute Gasteiger partial charge is 0.462 e. The molecule has 8 heteroatoms. The predicted octanol–water partition coefficient (Wildman–Crippen LogP) is 3.50. The number of hydrogen-bond donors (Lipinski definition) is 2. The van der Waals surface area contributed by atoms with Crippen LogP contribution in [0.2, 0.25) is 0 Å². The van der Waals surface area contributed by atoms with Crippen molar-refractivity contribution in [2.45, 2.75) is 6.92 Å². The Balaban J connectivity index is 1.63. The number of amides is 2. The topological polar surface area (TPSA) is 102 Å². The first-order chi connectivity index (χ1) is 15.0. The number of benzene rings is 2. The van der Waals surface area contributed by atoms with Crippen molar-refractivity contribution in [1.29, 1.82) is 0 Å². The number of aromatic nitrogens is 2. The van der Waals surface area contributed by atoms with Crippen LogP contribution in [0.15, 0.2) is 66.9 Å². The molecule has 0 aliphatic carbocycles. The fourth-order valence-electron chi connectivity index (χ4n) is 2.75.